The van der Waals surface area contributed by atoms with E-state index in [1.807, 2.05) is 35.9 Å². The lowest BCUT2D eigenvalue weighted by Crippen LogP contribution is -2.14. The number of amides is 1. The summed E-state index contributed by atoms with van der Waals surface area (Å²) >= 11 is 3.43. The van der Waals surface area contributed by atoms with E-state index >= 15 is 0 Å². The molecule has 0 atom stereocenters. The summed E-state index contributed by atoms with van der Waals surface area (Å²) in [6, 6.07) is 5.76. The van der Waals surface area contributed by atoms with Gasteiger partial charge in [-0.05, 0) is 30.7 Å². The van der Waals surface area contributed by atoms with Gasteiger partial charge in [0, 0.05) is 35.5 Å². The van der Waals surface area contributed by atoms with Crippen molar-refractivity contribution in [3.63, 3.8) is 0 Å². The molecule has 0 radical (unpaired) electrons. The third kappa shape index (κ3) is 3.43. The molecule has 0 unspecified atom stereocenters. The van der Waals surface area contributed by atoms with Gasteiger partial charge < -0.3 is 9.88 Å². The Bertz CT molecular complexity index is 537. The number of nitrogens with zero attached hydrogens (tertiary/aromatic N) is 2. The van der Waals surface area contributed by atoms with Gasteiger partial charge in [-0.1, -0.05) is 15.9 Å². The fourth-order valence-corrected chi connectivity index (χ4v) is 1.84. The Labute approximate surface area is 114 Å². The molecule has 0 aliphatic heterocycles. The van der Waals surface area contributed by atoms with Crippen molar-refractivity contribution >= 4 is 27.5 Å². The van der Waals surface area contributed by atoms with Gasteiger partial charge in [0.2, 0.25) is 5.91 Å². The van der Waals surface area contributed by atoms with Gasteiger partial charge in [-0.25, -0.2) is 4.98 Å². The Balaban J connectivity index is 1.88. The zero-order valence-corrected chi connectivity index (χ0v) is 11.6. The van der Waals surface area contributed by atoms with Crippen LogP contribution in [0.2, 0.25) is 0 Å². The highest BCUT2D eigenvalue weighted by molar-refractivity contribution is 9.10. The van der Waals surface area contributed by atoms with Crippen LogP contribution in [0.3, 0.4) is 0 Å². The third-order valence-electron chi connectivity index (χ3n) is 2.60. The number of carbonyl (C=O) groups excluding carboxylic acids is 1. The molecule has 0 aliphatic rings. The molecule has 2 rings (SSSR count). The van der Waals surface area contributed by atoms with E-state index in [0.29, 0.717) is 13.0 Å². The van der Waals surface area contributed by atoms with Crippen LogP contribution >= 0.6 is 15.9 Å². The second-order valence-corrected chi connectivity index (χ2v) is 4.92. The van der Waals surface area contributed by atoms with Gasteiger partial charge in [-0.15, -0.1) is 0 Å². The van der Waals surface area contributed by atoms with Crippen LogP contribution in [0.4, 0.5) is 5.69 Å². The number of nitrogens with one attached hydrogen (secondary N) is 1. The van der Waals surface area contributed by atoms with Crippen molar-refractivity contribution in [2.75, 3.05) is 5.32 Å². The molecule has 1 N–H and O–H groups in total. The number of anilines is 1. The Morgan fingerprint density at radius 1 is 1.50 bits per heavy atom. The highest BCUT2D eigenvalue weighted by Gasteiger charge is 2.04. The predicted octanol–water partition coefficient (Wildman–Crippen LogP) is 2.98. The second-order valence-electron chi connectivity index (χ2n) is 4.06. The lowest BCUT2D eigenvalue weighted by atomic mass is 10.2. The van der Waals surface area contributed by atoms with Gasteiger partial charge >= 0.3 is 0 Å². The smallest absolute Gasteiger partial charge is 0.226 e. The minimum atomic E-state index is 0.00502. The van der Waals surface area contributed by atoms with Crippen molar-refractivity contribution in [1.29, 1.82) is 0 Å². The predicted molar refractivity (Wildman–Crippen MR) is 74.4 cm³/mol. The molecule has 18 heavy (non-hydrogen) atoms. The first-order valence-electron chi connectivity index (χ1n) is 5.67. The summed E-state index contributed by atoms with van der Waals surface area (Å²) in [5, 5.41) is 2.88. The number of benzene rings is 1. The van der Waals surface area contributed by atoms with E-state index in [-0.39, 0.29) is 5.91 Å². The molecule has 94 valence electrons. The lowest BCUT2D eigenvalue weighted by molar-refractivity contribution is -0.116. The minimum Gasteiger partial charge on any atom is -0.337 e. The first-order chi connectivity index (χ1) is 8.65. The average Bonchev–Trinajstić information content (AvgIpc) is 2.84. The molecule has 4 nitrogen and oxygen atoms in total. The Morgan fingerprint density at radius 3 is 3.00 bits per heavy atom. The van der Waals surface area contributed by atoms with Gasteiger partial charge in [0.1, 0.15) is 0 Å². The topological polar surface area (TPSA) is 46.9 Å². The van der Waals surface area contributed by atoms with Crippen LogP contribution in [-0.4, -0.2) is 15.5 Å². The first kappa shape index (κ1) is 12.8. The number of hydrogen-bond donors (Lipinski definition) is 1. The van der Waals surface area contributed by atoms with Gasteiger partial charge in [0.25, 0.3) is 0 Å². The molecule has 0 fully saturated rings. The highest BCUT2D eigenvalue weighted by Crippen LogP contribution is 2.20. The van der Waals surface area contributed by atoms with Crippen molar-refractivity contribution < 1.29 is 4.79 Å². The number of aromatic nitrogens is 2. The molecule has 0 bridgehead atoms. The van der Waals surface area contributed by atoms with Gasteiger partial charge in [0.05, 0.1) is 6.33 Å². The van der Waals surface area contributed by atoms with E-state index in [9.17, 15) is 4.79 Å². The largest absolute Gasteiger partial charge is 0.337 e. The van der Waals surface area contributed by atoms with Crippen molar-refractivity contribution in [1.82, 2.24) is 9.55 Å². The number of imidazole rings is 1. The van der Waals surface area contributed by atoms with Crippen molar-refractivity contribution in [2.45, 2.75) is 19.9 Å². The lowest BCUT2D eigenvalue weighted by Gasteiger charge is -2.07. The Morgan fingerprint density at radius 2 is 2.33 bits per heavy atom. The van der Waals surface area contributed by atoms with Crippen LogP contribution in [0, 0.1) is 6.92 Å². The van der Waals surface area contributed by atoms with Crippen molar-refractivity contribution in [3.05, 3.63) is 47.0 Å². The van der Waals surface area contributed by atoms with Crippen molar-refractivity contribution in [2.24, 2.45) is 0 Å². The fraction of sp³-hybridized carbons (Fsp3) is 0.231. The zero-order chi connectivity index (χ0) is 13.0. The standard InChI is InChI=1S/C13H14BrN3O/c1-10-8-11(2-3-12(10)14)16-13(18)4-6-17-7-5-15-9-17/h2-3,5,7-9H,4,6H2,1H3,(H,16,18). The molecule has 0 aliphatic carbocycles. The highest BCUT2D eigenvalue weighted by atomic mass is 79.9. The van der Waals surface area contributed by atoms with Gasteiger partial charge in [-0.3, -0.25) is 4.79 Å². The van der Waals surface area contributed by atoms with Crippen LogP contribution in [0.15, 0.2) is 41.4 Å². The van der Waals surface area contributed by atoms with Crippen LogP contribution in [0.5, 0.6) is 0 Å². The van der Waals surface area contributed by atoms with Crippen LogP contribution < -0.4 is 5.32 Å². The van der Waals surface area contributed by atoms with Gasteiger partial charge in [0.15, 0.2) is 0 Å². The number of hydrogen-bond acceptors (Lipinski definition) is 2. The maximum atomic E-state index is 11.7. The normalized spacial score (nSPS) is 10.3. The molecule has 0 spiro atoms. The molecular weight excluding hydrogens is 294 g/mol. The summed E-state index contributed by atoms with van der Waals surface area (Å²) in [6.07, 6.45) is 5.69. The maximum absolute atomic E-state index is 11.7. The van der Waals surface area contributed by atoms with E-state index in [4.69, 9.17) is 0 Å². The number of rotatable bonds is 4. The molecule has 1 heterocycles. The van der Waals surface area contributed by atoms with E-state index < -0.39 is 0 Å². The SMILES string of the molecule is Cc1cc(NC(=O)CCn2ccnc2)ccc1Br. The molecule has 1 aromatic heterocycles. The summed E-state index contributed by atoms with van der Waals surface area (Å²) < 4.78 is 2.92. The van der Waals surface area contributed by atoms with E-state index in [2.05, 4.69) is 26.2 Å². The molecule has 1 aromatic carbocycles. The monoisotopic (exact) mass is 307 g/mol. The minimum absolute atomic E-state index is 0.00502. The van der Waals surface area contributed by atoms with E-state index in [1.165, 1.54) is 0 Å². The van der Waals surface area contributed by atoms with Crippen molar-refractivity contribution in [3.8, 4) is 0 Å². The summed E-state index contributed by atoms with van der Waals surface area (Å²) in [4.78, 5) is 15.7. The van der Waals surface area contributed by atoms with Gasteiger partial charge in [-0.2, -0.15) is 0 Å². The molecule has 0 saturated heterocycles. The Kier molecular flexibility index (Phi) is 4.15. The summed E-state index contributed by atoms with van der Waals surface area (Å²) in [5.41, 5.74) is 1.92. The summed E-state index contributed by atoms with van der Waals surface area (Å²) in [6.45, 7) is 2.63. The Hall–Kier alpha value is -1.62. The molecule has 5 heteroatoms. The van der Waals surface area contributed by atoms with E-state index in [1.54, 1.807) is 12.5 Å². The quantitative estimate of drug-likeness (QED) is 0.944. The third-order valence-corrected chi connectivity index (χ3v) is 3.49. The number of halogens is 1. The molecular formula is C13H14BrN3O. The first-order valence-corrected chi connectivity index (χ1v) is 6.46. The maximum Gasteiger partial charge on any atom is 0.226 e. The number of carbonyl (C=O) groups is 1. The van der Waals surface area contributed by atoms with Crippen LogP contribution in [0.1, 0.15) is 12.0 Å². The van der Waals surface area contributed by atoms with Crippen LogP contribution in [0.25, 0.3) is 0 Å². The second kappa shape index (κ2) is 5.82. The summed E-state index contributed by atoms with van der Waals surface area (Å²) in [5.74, 6) is 0.00502. The fourth-order valence-electron chi connectivity index (χ4n) is 1.60. The number of aryl methyl sites for hydroxylation is 2. The van der Waals surface area contributed by atoms with Crippen LogP contribution in [-0.2, 0) is 11.3 Å². The van der Waals surface area contributed by atoms with E-state index in [0.717, 1.165) is 15.7 Å². The zero-order valence-electron chi connectivity index (χ0n) is 10.1. The molecule has 2 aromatic rings. The molecule has 1 amide bonds. The average molecular weight is 308 g/mol. The molecule has 0 saturated carbocycles. The summed E-state index contributed by atoms with van der Waals surface area (Å²) in [7, 11) is 0.